The van der Waals surface area contributed by atoms with E-state index < -0.39 is 0 Å². The summed E-state index contributed by atoms with van der Waals surface area (Å²) >= 11 is 0. The van der Waals surface area contributed by atoms with Crippen LogP contribution in [-0.4, -0.2) is 25.0 Å². The van der Waals surface area contributed by atoms with Gasteiger partial charge in [0.15, 0.2) is 0 Å². The number of ether oxygens (including phenoxy) is 1. The summed E-state index contributed by atoms with van der Waals surface area (Å²) in [6, 6.07) is 16.0. The Bertz CT molecular complexity index is 793. The minimum Gasteiger partial charge on any atom is -0.462 e. The molecule has 140 valence electrons. The van der Waals surface area contributed by atoms with Crippen LogP contribution in [0.25, 0.3) is 0 Å². The summed E-state index contributed by atoms with van der Waals surface area (Å²) in [7, 11) is 0. The summed E-state index contributed by atoms with van der Waals surface area (Å²) in [5.41, 5.74) is 2.80. The normalized spacial score (nSPS) is 9.93. The van der Waals surface area contributed by atoms with Crippen molar-refractivity contribution < 1.29 is 14.3 Å². The van der Waals surface area contributed by atoms with Gasteiger partial charge in [0.1, 0.15) is 0 Å². The third kappa shape index (κ3) is 6.83. The minimum absolute atomic E-state index is 0.0975. The number of nitriles is 1. The molecule has 6 nitrogen and oxygen atoms in total. The molecule has 27 heavy (non-hydrogen) atoms. The third-order valence-electron chi connectivity index (χ3n) is 3.83. The van der Waals surface area contributed by atoms with Crippen molar-refractivity contribution in [3.05, 3.63) is 59.7 Å². The molecule has 0 unspecified atom stereocenters. The van der Waals surface area contributed by atoms with Gasteiger partial charge in [-0.2, -0.15) is 5.26 Å². The lowest BCUT2D eigenvalue weighted by Crippen LogP contribution is -2.21. The Morgan fingerprint density at radius 1 is 1.04 bits per heavy atom. The highest BCUT2D eigenvalue weighted by atomic mass is 16.5. The maximum atomic E-state index is 12.0. The van der Waals surface area contributed by atoms with Crippen LogP contribution < -0.4 is 10.6 Å². The number of hydrogen-bond donors (Lipinski definition) is 2. The van der Waals surface area contributed by atoms with Gasteiger partial charge in [0, 0.05) is 11.4 Å². The van der Waals surface area contributed by atoms with Crippen molar-refractivity contribution in [3.63, 3.8) is 0 Å². The largest absolute Gasteiger partial charge is 0.462 e. The Balaban J connectivity index is 1.79. The van der Waals surface area contributed by atoms with E-state index in [-0.39, 0.29) is 18.4 Å². The van der Waals surface area contributed by atoms with E-state index in [2.05, 4.69) is 16.7 Å². The Morgan fingerprint density at radius 2 is 1.70 bits per heavy atom. The number of benzene rings is 2. The molecule has 0 fully saturated rings. The lowest BCUT2D eigenvalue weighted by Gasteiger charge is -2.09. The van der Waals surface area contributed by atoms with Gasteiger partial charge >= 0.3 is 5.97 Å². The second-order valence-corrected chi connectivity index (χ2v) is 6.00. The molecular formula is C21H23N3O3. The van der Waals surface area contributed by atoms with Gasteiger partial charge in [-0.05, 0) is 48.4 Å². The molecule has 0 aliphatic carbocycles. The van der Waals surface area contributed by atoms with Gasteiger partial charge in [-0.3, -0.25) is 4.79 Å². The summed E-state index contributed by atoms with van der Waals surface area (Å²) in [6.07, 6.45) is 2.17. The molecule has 0 spiro atoms. The van der Waals surface area contributed by atoms with Crippen LogP contribution in [0.15, 0.2) is 48.5 Å². The molecule has 1 amide bonds. The van der Waals surface area contributed by atoms with Crippen LogP contribution in [0.1, 0.15) is 35.7 Å². The molecule has 0 radical (unpaired) electrons. The zero-order valence-corrected chi connectivity index (χ0v) is 15.3. The van der Waals surface area contributed by atoms with Gasteiger partial charge in [0.2, 0.25) is 5.91 Å². The highest BCUT2D eigenvalue weighted by molar-refractivity contribution is 5.94. The Hall–Kier alpha value is -3.33. The predicted octanol–water partition coefficient (Wildman–Crippen LogP) is 3.76. The molecule has 0 saturated carbocycles. The molecule has 2 N–H and O–H groups in total. The standard InChI is InChI=1S/C21H23N3O3/c1-2-3-14-27-21(26)17-6-10-18(11-7-17)23-15-20(25)24-19-8-4-16(5-9-19)12-13-22/h4-11,23H,2-3,12,14-15H2,1H3,(H,24,25). The van der Waals surface area contributed by atoms with Crippen molar-refractivity contribution in [3.8, 4) is 6.07 Å². The first-order valence-corrected chi connectivity index (χ1v) is 8.89. The van der Waals surface area contributed by atoms with Gasteiger partial charge in [-0.15, -0.1) is 0 Å². The number of carbonyl (C=O) groups excluding carboxylic acids is 2. The molecular weight excluding hydrogens is 342 g/mol. The maximum absolute atomic E-state index is 12.0. The summed E-state index contributed by atoms with van der Waals surface area (Å²) in [4.78, 5) is 23.9. The maximum Gasteiger partial charge on any atom is 0.338 e. The van der Waals surface area contributed by atoms with Crippen molar-refractivity contribution >= 4 is 23.3 Å². The fraction of sp³-hybridized carbons (Fsp3) is 0.286. The second-order valence-electron chi connectivity index (χ2n) is 6.00. The smallest absolute Gasteiger partial charge is 0.338 e. The predicted molar refractivity (Wildman–Crippen MR) is 105 cm³/mol. The van der Waals surface area contributed by atoms with E-state index in [0.717, 1.165) is 24.1 Å². The van der Waals surface area contributed by atoms with E-state index in [1.807, 2.05) is 19.1 Å². The van der Waals surface area contributed by atoms with E-state index >= 15 is 0 Å². The average molecular weight is 365 g/mol. The zero-order valence-electron chi connectivity index (χ0n) is 15.3. The van der Waals surface area contributed by atoms with Gasteiger partial charge in [0.05, 0.1) is 31.2 Å². The summed E-state index contributed by atoms with van der Waals surface area (Å²) < 4.78 is 5.16. The highest BCUT2D eigenvalue weighted by Gasteiger charge is 2.07. The van der Waals surface area contributed by atoms with Crippen molar-refractivity contribution in [2.24, 2.45) is 0 Å². The fourth-order valence-corrected chi connectivity index (χ4v) is 2.30. The summed E-state index contributed by atoms with van der Waals surface area (Å²) in [5, 5.41) is 14.4. The van der Waals surface area contributed by atoms with E-state index in [1.165, 1.54) is 0 Å². The second kappa shape index (κ2) is 10.6. The number of hydrogen-bond acceptors (Lipinski definition) is 5. The molecule has 0 saturated heterocycles. The van der Waals surface area contributed by atoms with Gasteiger partial charge in [-0.1, -0.05) is 25.5 Å². The van der Waals surface area contributed by atoms with Gasteiger partial charge in [-0.25, -0.2) is 4.79 Å². The number of amides is 1. The molecule has 0 atom stereocenters. The molecule has 6 heteroatoms. The molecule has 2 aromatic carbocycles. The number of carbonyl (C=O) groups is 2. The van der Waals surface area contributed by atoms with E-state index in [0.29, 0.717) is 24.3 Å². The number of esters is 1. The first-order valence-electron chi connectivity index (χ1n) is 8.89. The van der Waals surface area contributed by atoms with Crippen molar-refractivity contribution in [2.45, 2.75) is 26.2 Å². The summed E-state index contributed by atoms with van der Waals surface area (Å²) in [5.74, 6) is -0.529. The Morgan fingerprint density at radius 3 is 2.33 bits per heavy atom. The Labute approximate surface area is 159 Å². The van der Waals surface area contributed by atoms with Crippen LogP contribution >= 0.6 is 0 Å². The first kappa shape index (κ1) is 20.0. The van der Waals surface area contributed by atoms with Crippen LogP contribution in [0.5, 0.6) is 0 Å². The van der Waals surface area contributed by atoms with Crippen LogP contribution in [0.4, 0.5) is 11.4 Å². The quantitative estimate of drug-likeness (QED) is 0.521. The van der Waals surface area contributed by atoms with Crippen LogP contribution in [-0.2, 0) is 16.0 Å². The van der Waals surface area contributed by atoms with Crippen molar-refractivity contribution in [1.82, 2.24) is 0 Å². The number of nitrogens with one attached hydrogen (secondary N) is 2. The SMILES string of the molecule is CCCCOC(=O)c1ccc(NCC(=O)Nc2ccc(CC#N)cc2)cc1. The molecule has 2 aromatic rings. The van der Waals surface area contributed by atoms with Crippen molar-refractivity contribution in [2.75, 3.05) is 23.8 Å². The number of nitrogens with zero attached hydrogens (tertiary/aromatic N) is 1. The number of rotatable bonds is 9. The average Bonchev–Trinajstić information content (AvgIpc) is 2.68. The van der Waals surface area contributed by atoms with Crippen LogP contribution in [0.3, 0.4) is 0 Å². The van der Waals surface area contributed by atoms with Gasteiger partial charge < -0.3 is 15.4 Å². The van der Waals surface area contributed by atoms with E-state index in [1.54, 1.807) is 36.4 Å². The molecule has 0 aliphatic heterocycles. The zero-order chi connectivity index (χ0) is 19.5. The lowest BCUT2D eigenvalue weighted by atomic mass is 10.1. The molecule has 0 aromatic heterocycles. The first-order chi connectivity index (χ1) is 13.1. The monoisotopic (exact) mass is 365 g/mol. The molecule has 0 aliphatic rings. The van der Waals surface area contributed by atoms with Gasteiger partial charge in [0.25, 0.3) is 0 Å². The summed E-state index contributed by atoms with van der Waals surface area (Å²) in [6.45, 7) is 2.56. The molecule has 0 heterocycles. The number of anilines is 2. The lowest BCUT2D eigenvalue weighted by molar-refractivity contribution is -0.114. The van der Waals surface area contributed by atoms with E-state index in [4.69, 9.17) is 10.00 Å². The number of unbranched alkanes of at least 4 members (excludes halogenated alkanes) is 1. The molecule has 0 bridgehead atoms. The Kier molecular flexibility index (Phi) is 7.86. The topological polar surface area (TPSA) is 91.2 Å². The van der Waals surface area contributed by atoms with Crippen molar-refractivity contribution in [1.29, 1.82) is 5.26 Å². The third-order valence-corrected chi connectivity index (χ3v) is 3.83. The van der Waals surface area contributed by atoms with E-state index in [9.17, 15) is 9.59 Å². The van der Waals surface area contributed by atoms with Crippen LogP contribution in [0, 0.1) is 11.3 Å². The highest BCUT2D eigenvalue weighted by Crippen LogP contribution is 2.12. The molecule has 2 rings (SSSR count). The fourth-order valence-electron chi connectivity index (χ4n) is 2.30. The minimum atomic E-state index is -0.340. The van der Waals surface area contributed by atoms with Crippen LogP contribution in [0.2, 0.25) is 0 Å².